The normalized spacial score (nSPS) is 31.4. The third-order valence-corrected chi connectivity index (χ3v) is 7.96. The first-order valence-corrected chi connectivity index (χ1v) is 11.8. The van der Waals surface area contributed by atoms with E-state index in [-0.39, 0.29) is 16.9 Å². The van der Waals surface area contributed by atoms with E-state index in [1.54, 1.807) is 0 Å². The molecule has 4 heteroatoms. The van der Waals surface area contributed by atoms with Crippen LogP contribution < -0.4 is 4.74 Å². The van der Waals surface area contributed by atoms with Crippen molar-refractivity contribution in [2.75, 3.05) is 6.61 Å². The van der Waals surface area contributed by atoms with Crippen molar-refractivity contribution in [2.24, 2.45) is 17.3 Å². The molecule has 0 aromatic heterocycles. The lowest BCUT2D eigenvalue weighted by Gasteiger charge is -2.53. The van der Waals surface area contributed by atoms with Gasteiger partial charge in [-0.1, -0.05) is 31.2 Å². The number of hydrogen-bond donors (Lipinski definition) is 1. The number of carboxylic acid groups (broad SMARTS) is 1. The van der Waals surface area contributed by atoms with Gasteiger partial charge in [0.05, 0.1) is 18.1 Å². The van der Waals surface area contributed by atoms with Crippen LogP contribution >= 0.6 is 0 Å². The highest BCUT2D eigenvalue weighted by atomic mass is 16.5. The van der Waals surface area contributed by atoms with Gasteiger partial charge in [0.25, 0.3) is 0 Å². The second-order valence-corrected chi connectivity index (χ2v) is 9.89. The molecule has 164 valence electrons. The number of aliphatic carboxylic acids is 1. The summed E-state index contributed by atoms with van der Waals surface area (Å²) < 4.78 is 12.7. The van der Waals surface area contributed by atoms with Gasteiger partial charge in [-0.15, -0.1) is 0 Å². The van der Waals surface area contributed by atoms with Crippen molar-refractivity contribution < 1.29 is 19.4 Å². The molecule has 0 amide bonds. The average Bonchev–Trinajstić information content (AvgIpc) is 3.60. The molecule has 0 spiro atoms. The van der Waals surface area contributed by atoms with Crippen LogP contribution in [0.25, 0.3) is 0 Å². The summed E-state index contributed by atoms with van der Waals surface area (Å²) in [5.74, 6) is 1.42. The lowest BCUT2D eigenvalue weighted by atomic mass is 9.62. The standard InChI is InChI=1S/C27H32O4/c1-2-19-5-3-7-22(15-19)31-23-8-4-6-21(17-23)27-13-11-26(12-14-27,18-30-27)10-9-20-16-24(20)25(28)29/h3-8,15,17,20,24H,2,9-14,16,18H2,1H3,(H,28,29)/t20-,24-,26?,27?/m1/s1. The first-order valence-electron chi connectivity index (χ1n) is 11.8. The first kappa shape index (κ1) is 20.6. The highest BCUT2D eigenvalue weighted by Crippen LogP contribution is 2.57. The summed E-state index contributed by atoms with van der Waals surface area (Å²) in [6, 6.07) is 16.7. The molecule has 2 aliphatic carbocycles. The molecule has 4 nitrogen and oxygen atoms in total. The molecule has 2 aliphatic heterocycles. The van der Waals surface area contributed by atoms with E-state index in [4.69, 9.17) is 14.6 Å². The Labute approximate surface area is 184 Å². The van der Waals surface area contributed by atoms with Crippen LogP contribution in [-0.2, 0) is 21.6 Å². The molecule has 2 bridgehead atoms. The van der Waals surface area contributed by atoms with Gasteiger partial charge in [0.1, 0.15) is 11.5 Å². The van der Waals surface area contributed by atoms with Crippen LogP contribution in [0.5, 0.6) is 11.5 Å². The van der Waals surface area contributed by atoms with E-state index in [2.05, 4.69) is 37.3 Å². The van der Waals surface area contributed by atoms with Crippen molar-refractivity contribution in [3.05, 3.63) is 59.7 Å². The van der Waals surface area contributed by atoms with Crippen molar-refractivity contribution in [3.8, 4) is 11.5 Å². The Morgan fingerprint density at radius 3 is 2.48 bits per heavy atom. The summed E-state index contributed by atoms with van der Waals surface area (Å²) in [7, 11) is 0. The van der Waals surface area contributed by atoms with Crippen LogP contribution in [0.15, 0.2) is 48.5 Å². The molecule has 2 saturated heterocycles. The molecule has 6 rings (SSSR count). The minimum atomic E-state index is -0.617. The van der Waals surface area contributed by atoms with Crippen molar-refractivity contribution >= 4 is 5.97 Å². The number of fused-ring (bicyclic) bond motifs is 3. The number of aryl methyl sites for hydroxylation is 1. The Bertz CT molecular complexity index is 941. The highest BCUT2D eigenvalue weighted by molar-refractivity contribution is 5.73. The van der Waals surface area contributed by atoms with Crippen LogP contribution in [0.4, 0.5) is 0 Å². The fourth-order valence-electron chi connectivity index (χ4n) is 5.63. The van der Waals surface area contributed by atoms with Gasteiger partial charge in [0, 0.05) is 0 Å². The molecule has 2 aromatic carbocycles. The minimum absolute atomic E-state index is 0.0932. The lowest BCUT2D eigenvalue weighted by Crippen LogP contribution is -2.49. The molecule has 0 radical (unpaired) electrons. The Kier molecular flexibility index (Phi) is 5.29. The number of carboxylic acids is 1. The number of benzene rings is 2. The van der Waals surface area contributed by atoms with Crippen molar-refractivity contribution in [1.82, 2.24) is 0 Å². The summed E-state index contributed by atoms with van der Waals surface area (Å²) in [5, 5.41) is 9.16. The molecule has 4 fully saturated rings. The number of hydrogen-bond acceptors (Lipinski definition) is 3. The van der Waals surface area contributed by atoms with E-state index < -0.39 is 5.97 Å². The van der Waals surface area contributed by atoms with Crippen LogP contribution in [0, 0.1) is 17.3 Å². The summed E-state index contributed by atoms with van der Waals surface area (Å²) in [6.45, 7) is 2.94. The van der Waals surface area contributed by atoms with E-state index in [0.29, 0.717) is 5.92 Å². The second-order valence-electron chi connectivity index (χ2n) is 9.89. The maximum atomic E-state index is 11.1. The molecule has 2 saturated carbocycles. The Morgan fingerprint density at radius 1 is 1.10 bits per heavy atom. The Balaban J connectivity index is 1.24. The van der Waals surface area contributed by atoms with Crippen molar-refractivity contribution in [3.63, 3.8) is 0 Å². The van der Waals surface area contributed by atoms with Crippen LogP contribution in [0.1, 0.15) is 63.0 Å². The third-order valence-electron chi connectivity index (χ3n) is 7.96. The monoisotopic (exact) mass is 420 g/mol. The predicted octanol–water partition coefficient (Wildman–Crippen LogP) is 6.33. The van der Waals surface area contributed by atoms with Gasteiger partial charge in [-0.05, 0) is 98.1 Å². The molecule has 1 N–H and O–H groups in total. The third kappa shape index (κ3) is 4.10. The van der Waals surface area contributed by atoms with E-state index in [1.165, 1.54) is 24.0 Å². The van der Waals surface area contributed by atoms with Crippen LogP contribution in [0.2, 0.25) is 0 Å². The molecular weight excluding hydrogens is 388 g/mol. The second kappa shape index (κ2) is 7.98. The topological polar surface area (TPSA) is 55.8 Å². The molecule has 31 heavy (non-hydrogen) atoms. The maximum Gasteiger partial charge on any atom is 0.306 e. The predicted molar refractivity (Wildman–Crippen MR) is 119 cm³/mol. The minimum Gasteiger partial charge on any atom is -0.481 e. The van der Waals surface area contributed by atoms with Crippen LogP contribution in [-0.4, -0.2) is 17.7 Å². The van der Waals surface area contributed by atoms with E-state index in [1.807, 2.05) is 18.2 Å². The largest absolute Gasteiger partial charge is 0.481 e. The average molecular weight is 421 g/mol. The van der Waals surface area contributed by atoms with Gasteiger partial charge in [-0.3, -0.25) is 4.79 Å². The SMILES string of the molecule is CCc1cccc(Oc2cccc(C34CCC(CC[C@@H]5C[C@H]5C(=O)O)(CC3)CO4)c2)c1. The number of rotatable bonds is 8. The number of carbonyl (C=O) groups is 1. The Morgan fingerprint density at radius 2 is 1.84 bits per heavy atom. The maximum absolute atomic E-state index is 11.1. The summed E-state index contributed by atoms with van der Waals surface area (Å²) in [4.78, 5) is 11.1. The van der Waals surface area contributed by atoms with Gasteiger partial charge < -0.3 is 14.6 Å². The van der Waals surface area contributed by atoms with Gasteiger partial charge >= 0.3 is 5.97 Å². The van der Waals surface area contributed by atoms with Crippen LogP contribution in [0.3, 0.4) is 0 Å². The van der Waals surface area contributed by atoms with Gasteiger partial charge in [0.2, 0.25) is 0 Å². The van der Waals surface area contributed by atoms with Gasteiger partial charge in [0.15, 0.2) is 0 Å². The fourth-order valence-corrected chi connectivity index (χ4v) is 5.63. The zero-order chi connectivity index (χ0) is 21.5. The van der Waals surface area contributed by atoms with E-state index in [9.17, 15) is 4.79 Å². The molecule has 4 aliphatic rings. The molecule has 2 atom stereocenters. The zero-order valence-corrected chi connectivity index (χ0v) is 18.3. The van der Waals surface area contributed by atoms with Crippen molar-refractivity contribution in [2.45, 2.75) is 63.9 Å². The van der Waals surface area contributed by atoms with Gasteiger partial charge in [-0.2, -0.15) is 0 Å². The quantitative estimate of drug-likeness (QED) is 0.542. The summed E-state index contributed by atoms with van der Waals surface area (Å²) in [6.07, 6.45) is 8.41. The lowest BCUT2D eigenvalue weighted by molar-refractivity contribution is -0.192. The van der Waals surface area contributed by atoms with Gasteiger partial charge in [-0.25, -0.2) is 0 Å². The molecule has 0 unspecified atom stereocenters. The zero-order valence-electron chi connectivity index (χ0n) is 18.3. The van der Waals surface area contributed by atoms with E-state index >= 15 is 0 Å². The van der Waals surface area contributed by atoms with E-state index in [0.717, 1.165) is 56.6 Å². The molecule has 2 aromatic rings. The first-order chi connectivity index (χ1) is 15.0. The summed E-state index contributed by atoms with van der Waals surface area (Å²) in [5.41, 5.74) is 2.54. The molecular formula is C27H32O4. The number of ether oxygens (including phenoxy) is 2. The summed E-state index contributed by atoms with van der Waals surface area (Å²) >= 11 is 0. The highest BCUT2D eigenvalue weighted by Gasteiger charge is 2.52. The molecule has 2 heterocycles. The smallest absolute Gasteiger partial charge is 0.306 e. The Hall–Kier alpha value is -2.33. The fraction of sp³-hybridized carbons (Fsp3) is 0.519. The van der Waals surface area contributed by atoms with Crippen molar-refractivity contribution in [1.29, 1.82) is 0 Å².